The molecule has 2 N–H and O–H groups in total. The molecule has 0 aromatic heterocycles. The molecule has 1 aromatic rings. The number of allylic oxidation sites excluding steroid dienone is 1. The normalized spacial score (nSPS) is 35.9. The summed E-state index contributed by atoms with van der Waals surface area (Å²) in [4.78, 5) is 43.8. The molecule has 8 heteroatoms. The monoisotopic (exact) mass is 775 g/mol. The second-order valence-corrected chi connectivity index (χ2v) is 21.6. The molecule has 56 heavy (non-hydrogen) atoms. The van der Waals surface area contributed by atoms with Crippen molar-refractivity contribution in [3.05, 3.63) is 47.0 Å². The second-order valence-electron chi connectivity index (χ2n) is 21.6. The number of likely N-dealkylation sites (N-methyl/N-ethyl adjacent to an activating group) is 1. The first-order valence-corrected chi connectivity index (χ1v) is 21.8. The molecule has 0 bridgehead atoms. The molecular formula is C48H74N2O6. The molecule has 6 rings (SSSR count). The third kappa shape index (κ3) is 7.14. The largest absolute Gasteiger partial charge is 0.481 e. The standard InChI is InChI=1S/C48H74N2O6/c1-31(2)40-34(51)27-48(37(52)30-50(26-25-49(10)11)29-32-15-13-12-14-16-32)24-23-46(8)33(41(40)48)17-18-36-45(7)21-20-38(56-39(53)28-43(3,4)42(54)55)44(5,6)35(45)19-22-47(36,46)9/h12-16,31,33,35-38,52H,17-30H2,1-11H3,(H,54,55)/t33-,35+,36-,37+,38+,45+,46-,47-,48?/m1/s1. The molecule has 1 aromatic carbocycles. The highest BCUT2D eigenvalue weighted by Crippen LogP contribution is 2.77. The van der Waals surface area contributed by atoms with Crippen molar-refractivity contribution in [2.75, 3.05) is 33.7 Å². The molecule has 0 radical (unpaired) electrons. The number of fused-ring (bicyclic) bond motifs is 7. The highest BCUT2D eigenvalue weighted by Gasteiger charge is 2.71. The second kappa shape index (κ2) is 15.2. The predicted octanol–water partition coefficient (Wildman–Crippen LogP) is 8.80. The Morgan fingerprint density at radius 3 is 2.20 bits per heavy atom. The number of hydrogen-bond acceptors (Lipinski definition) is 7. The highest BCUT2D eigenvalue weighted by molar-refractivity contribution is 6.00. The summed E-state index contributed by atoms with van der Waals surface area (Å²) in [7, 11) is 4.20. The van der Waals surface area contributed by atoms with Gasteiger partial charge in [0.1, 0.15) is 6.10 Å². The Kier molecular flexibility index (Phi) is 11.7. The lowest BCUT2D eigenvalue weighted by atomic mass is 9.33. The van der Waals surface area contributed by atoms with Gasteiger partial charge in [0.25, 0.3) is 0 Å². The number of nitrogens with zero attached hydrogens (tertiary/aromatic N) is 2. The van der Waals surface area contributed by atoms with E-state index in [-0.39, 0.29) is 51.8 Å². The van der Waals surface area contributed by atoms with Crippen LogP contribution in [0.4, 0.5) is 0 Å². The number of aliphatic hydroxyl groups is 1. The maximum atomic E-state index is 14.3. The van der Waals surface area contributed by atoms with Crippen LogP contribution in [0.1, 0.15) is 132 Å². The Labute approximate surface area is 338 Å². The molecule has 4 saturated carbocycles. The third-order valence-corrected chi connectivity index (χ3v) is 17.0. The quantitative estimate of drug-likeness (QED) is 0.192. The molecule has 8 nitrogen and oxygen atoms in total. The summed E-state index contributed by atoms with van der Waals surface area (Å²) in [5.74, 6) is 0.0748. The lowest BCUT2D eigenvalue weighted by molar-refractivity contribution is -0.235. The average molecular weight is 775 g/mol. The van der Waals surface area contributed by atoms with Gasteiger partial charge in [0.2, 0.25) is 0 Å². The van der Waals surface area contributed by atoms with Crippen molar-refractivity contribution in [3.63, 3.8) is 0 Å². The van der Waals surface area contributed by atoms with Crippen LogP contribution in [0.15, 0.2) is 41.5 Å². The summed E-state index contributed by atoms with van der Waals surface area (Å²) in [6.07, 6.45) is 7.28. The van der Waals surface area contributed by atoms with Crippen LogP contribution in [-0.2, 0) is 25.7 Å². The van der Waals surface area contributed by atoms with Crippen LogP contribution in [0.2, 0.25) is 0 Å². The van der Waals surface area contributed by atoms with Crippen LogP contribution in [0.25, 0.3) is 0 Å². The molecule has 0 aliphatic heterocycles. The van der Waals surface area contributed by atoms with E-state index in [1.165, 1.54) is 11.1 Å². The molecule has 4 fully saturated rings. The van der Waals surface area contributed by atoms with Gasteiger partial charge in [-0.25, -0.2) is 0 Å². The number of carbonyl (C=O) groups is 3. The van der Waals surface area contributed by atoms with E-state index in [1.807, 2.05) is 6.07 Å². The lowest BCUT2D eigenvalue weighted by Gasteiger charge is -2.72. The van der Waals surface area contributed by atoms with Gasteiger partial charge in [-0.3, -0.25) is 19.3 Å². The Morgan fingerprint density at radius 2 is 1.57 bits per heavy atom. The molecule has 5 aliphatic rings. The maximum absolute atomic E-state index is 14.3. The van der Waals surface area contributed by atoms with Crippen molar-refractivity contribution in [2.45, 2.75) is 145 Å². The van der Waals surface area contributed by atoms with Crippen LogP contribution in [0, 0.1) is 56.2 Å². The molecule has 5 aliphatic carbocycles. The molecule has 0 spiro atoms. The number of Topliss-reactive ketones (excluding diaryl/α,β-unsaturated/α-hetero) is 1. The lowest BCUT2D eigenvalue weighted by Crippen LogP contribution is -2.66. The van der Waals surface area contributed by atoms with Crippen LogP contribution < -0.4 is 0 Å². The summed E-state index contributed by atoms with van der Waals surface area (Å²) in [5.41, 5.74) is 1.72. The van der Waals surface area contributed by atoms with Gasteiger partial charge in [-0.1, -0.05) is 84.4 Å². The molecule has 0 amide bonds. The Bertz CT molecular complexity index is 1680. The number of benzene rings is 1. The average Bonchev–Trinajstić information content (AvgIpc) is 3.42. The minimum atomic E-state index is -1.17. The van der Waals surface area contributed by atoms with Crippen LogP contribution in [-0.4, -0.2) is 83.7 Å². The van der Waals surface area contributed by atoms with Crippen molar-refractivity contribution in [1.29, 1.82) is 0 Å². The number of rotatable bonds is 13. The molecular weight excluding hydrogens is 701 g/mol. The van der Waals surface area contributed by atoms with Gasteiger partial charge in [0.05, 0.1) is 17.9 Å². The van der Waals surface area contributed by atoms with E-state index < -0.39 is 28.9 Å². The first kappa shape index (κ1) is 43.0. The Morgan fingerprint density at radius 1 is 0.893 bits per heavy atom. The number of ether oxygens (including phenoxy) is 1. The number of hydrogen-bond donors (Lipinski definition) is 2. The van der Waals surface area contributed by atoms with Crippen molar-refractivity contribution in [2.24, 2.45) is 56.2 Å². The van der Waals surface area contributed by atoms with Gasteiger partial charge in [0, 0.05) is 43.4 Å². The number of aliphatic hydroxyl groups excluding tert-OH is 1. The molecule has 312 valence electrons. The fraction of sp³-hybridized carbons (Fsp3) is 0.771. The first-order valence-electron chi connectivity index (χ1n) is 21.8. The fourth-order valence-corrected chi connectivity index (χ4v) is 13.7. The summed E-state index contributed by atoms with van der Waals surface area (Å²) in [5, 5.41) is 22.3. The van der Waals surface area contributed by atoms with Gasteiger partial charge in [0.15, 0.2) is 5.78 Å². The minimum absolute atomic E-state index is 0.0161. The topological polar surface area (TPSA) is 107 Å². The summed E-state index contributed by atoms with van der Waals surface area (Å²) >= 11 is 0. The van der Waals surface area contributed by atoms with Gasteiger partial charge >= 0.3 is 11.9 Å². The van der Waals surface area contributed by atoms with E-state index in [9.17, 15) is 24.6 Å². The molecule has 0 saturated heterocycles. The Balaban J connectivity index is 1.29. The van der Waals surface area contributed by atoms with E-state index in [0.717, 1.165) is 76.6 Å². The van der Waals surface area contributed by atoms with Crippen LogP contribution >= 0.6 is 0 Å². The van der Waals surface area contributed by atoms with E-state index in [2.05, 4.69) is 96.6 Å². The summed E-state index contributed by atoms with van der Waals surface area (Å²) < 4.78 is 6.20. The Hall–Kier alpha value is -2.55. The zero-order valence-electron chi connectivity index (χ0n) is 36.7. The van der Waals surface area contributed by atoms with Gasteiger partial charge in [-0.05, 0) is 130 Å². The molecule has 1 unspecified atom stereocenters. The highest BCUT2D eigenvalue weighted by atomic mass is 16.5. The van der Waals surface area contributed by atoms with Gasteiger partial charge in [-0.15, -0.1) is 0 Å². The SMILES string of the molecule is CC(C)C1=C2[C@H]3CC[C@@H]4[C@@]5(C)CC[C@H](OC(=O)CC(C)(C)C(=O)O)C(C)(C)[C@@H]5CC[C@@]4(C)[C@]3(C)CCC2([C@@H](O)CN(CCN(C)C)Cc2ccccc2)CC1=O. The van der Waals surface area contributed by atoms with Crippen LogP contribution in [0.3, 0.4) is 0 Å². The van der Waals surface area contributed by atoms with Crippen molar-refractivity contribution in [3.8, 4) is 0 Å². The number of carboxylic acids is 1. The van der Waals surface area contributed by atoms with E-state index >= 15 is 0 Å². The number of aliphatic carboxylic acids is 1. The number of carboxylic acid groups (broad SMARTS) is 1. The van der Waals surface area contributed by atoms with Crippen LogP contribution in [0.5, 0.6) is 0 Å². The smallest absolute Gasteiger partial charge is 0.309 e. The van der Waals surface area contributed by atoms with Gasteiger partial charge in [-0.2, -0.15) is 0 Å². The molecule has 9 atom stereocenters. The zero-order valence-corrected chi connectivity index (χ0v) is 36.7. The van der Waals surface area contributed by atoms with Crippen molar-refractivity contribution in [1.82, 2.24) is 9.80 Å². The van der Waals surface area contributed by atoms with E-state index in [0.29, 0.717) is 24.8 Å². The third-order valence-electron chi connectivity index (χ3n) is 17.0. The number of ketones is 1. The van der Waals surface area contributed by atoms with Crippen molar-refractivity contribution >= 4 is 17.7 Å². The zero-order chi connectivity index (χ0) is 41.2. The molecule has 0 heterocycles. The predicted molar refractivity (Wildman–Crippen MR) is 222 cm³/mol. The van der Waals surface area contributed by atoms with E-state index in [4.69, 9.17) is 4.74 Å². The maximum Gasteiger partial charge on any atom is 0.309 e. The number of carbonyl (C=O) groups excluding carboxylic acids is 2. The van der Waals surface area contributed by atoms with Gasteiger partial charge < -0.3 is 19.8 Å². The first-order chi connectivity index (χ1) is 26.0. The summed E-state index contributed by atoms with van der Waals surface area (Å²) in [6, 6.07) is 10.5. The van der Waals surface area contributed by atoms with E-state index in [1.54, 1.807) is 13.8 Å². The fourth-order valence-electron chi connectivity index (χ4n) is 13.7. The van der Waals surface area contributed by atoms with Crippen molar-refractivity contribution < 1.29 is 29.3 Å². The minimum Gasteiger partial charge on any atom is -0.481 e. The number of esters is 1. The summed E-state index contributed by atoms with van der Waals surface area (Å²) in [6.45, 7) is 22.8.